The molecule has 24 heavy (non-hydrogen) atoms. The fourth-order valence-electron chi connectivity index (χ4n) is 2.23. The molecule has 0 saturated heterocycles. The first kappa shape index (κ1) is 20.0. The molecule has 0 aliphatic carbocycles. The van der Waals surface area contributed by atoms with Crippen LogP contribution in [0.5, 0.6) is 5.75 Å². The number of carbonyl (C=O) groups excluding carboxylic acids is 2. The Balaban J connectivity index is 2.68. The number of amides is 2. The normalized spacial score (nSPS) is 10.5. The molecule has 1 N–H and O–H groups in total. The number of rotatable bonds is 10. The average molecular weight is 336 g/mol. The topological polar surface area (TPSA) is 67.9 Å². The van der Waals surface area contributed by atoms with E-state index in [0.29, 0.717) is 31.1 Å². The van der Waals surface area contributed by atoms with Crippen LogP contribution in [-0.4, -0.2) is 44.7 Å². The lowest BCUT2D eigenvalue weighted by Gasteiger charge is -2.24. The lowest BCUT2D eigenvalue weighted by atomic mass is 10.2. The van der Waals surface area contributed by atoms with E-state index in [1.54, 1.807) is 12.0 Å². The molecule has 6 nitrogen and oxygen atoms in total. The Hall–Kier alpha value is -2.08. The van der Waals surface area contributed by atoms with Crippen LogP contribution in [0.15, 0.2) is 24.3 Å². The molecule has 0 fully saturated rings. The smallest absolute Gasteiger partial charge is 0.223 e. The van der Waals surface area contributed by atoms with E-state index < -0.39 is 0 Å². The molecule has 1 aromatic rings. The van der Waals surface area contributed by atoms with Crippen molar-refractivity contribution in [1.29, 1.82) is 0 Å². The minimum absolute atomic E-state index is 0.00374. The summed E-state index contributed by atoms with van der Waals surface area (Å²) < 4.78 is 10.7. The van der Waals surface area contributed by atoms with Crippen LogP contribution in [0.25, 0.3) is 0 Å². The van der Waals surface area contributed by atoms with Gasteiger partial charge in [0.25, 0.3) is 0 Å². The van der Waals surface area contributed by atoms with Gasteiger partial charge in [-0.3, -0.25) is 9.59 Å². The summed E-state index contributed by atoms with van der Waals surface area (Å²) in [6.45, 7) is 6.84. The molecule has 134 valence electrons. The lowest BCUT2D eigenvalue weighted by molar-refractivity contribution is -0.121. The third kappa shape index (κ3) is 7.00. The van der Waals surface area contributed by atoms with Crippen LogP contribution >= 0.6 is 0 Å². The van der Waals surface area contributed by atoms with E-state index in [-0.39, 0.29) is 24.3 Å². The van der Waals surface area contributed by atoms with E-state index in [0.717, 1.165) is 6.42 Å². The monoisotopic (exact) mass is 336 g/mol. The van der Waals surface area contributed by atoms with E-state index in [2.05, 4.69) is 5.32 Å². The van der Waals surface area contributed by atoms with Gasteiger partial charge in [0.15, 0.2) is 0 Å². The van der Waals surface area contributed by atoms with Crippen molar-refractivity contribution in [2.75, 3.05) is 31.7 Å². The molecule has 0 atom stereocenters. The van der Waals surface area contributed by atoms with Crippen molar-refractivity contribution in [3.05, 3.63) is 24.3 Å². The average Bonchev–Trinajstić information content (AvgIpc) is 2.52. The fraction of sp³-hybridized carbons (Fsp3) is 0.556. The fourth-order valence-corrected chi connectivity index (χ4v) is 2.23. The summed E-state index contributed by atoms with van der Waals surface area (Å²) in [5.41, 5.74) is 0.686. The van der Waals surface area contributed by atoms with Crippen LogP contribution in [0.4, 0.5) is 5.69 Å². The van der Waals surface area contributed by atoms with Crippen LogP contribution < -0.4 is 15.0 Å². The Morgan fingerprint density at radius 1 is 1.25 bits per heavy atom. The van der Waals surface area contributed by atoms with E-state index in [4.69, 9.17) is 9.47 Å². The lowest BCUT2D eigenvalue weighted by Crippen LogP contribution is -2.34. The highest BCUT2D eigenvalue weighted by molar-refractivity contribution is 5.93. The number of nitrogens with zero attached hydrogens (tertiary/aromatic N) is 1. The van der Waals surface area contributed by atoms with Crippen molar-refractivity contribution in [3.63, 3.8) is 0 Å². The van der Waals surface area contributed by atoms with Crippen molar-refractivity contribution in [1.82, 2.24) is 5.32 Å². The zero-order valence-corrected chi connectivity index (χ0v) is 15.0. The molecule has 0 aromatic heterocycles. The molecule has 1 rings (SSSR count). The van der Waals surface area contributed by atoms with Crippen molar-refractivity contribution in [2.45, 2.75) is 39.7 Å². The highest BCUT2D eigenvalue weighted by Gasteiger charge is 2.17. The minimum atomic E-state index is -0.123. The van der Waals surface area contributed by atoms with Gasteiger partial charge in [0, 0.05) is 40.2 Å². The number of hydrogen-bond acceptors (Lipinski definition) is 4. The number of nitrogens with one attached hydrogen (secondary N) is 1. The summed E-state index contributed by atoms with van der Waals surface area (Å²) in [6.07, 6.45) is 1.01. The van der Waals surface area contributed by atoms with Crippen LogP contribution in [0.3, 0.4) is 0 Å². The Morgan fingerprint density at radius 3 is 2.58 bits per heavy atom. The standard InChI is InChI=1S/C18H28N2O4/c1-14(2)24-17-9-6-5-8-16(17)20(15(3)21)12-10-18(22)19-11-7-13-23-4/h5-6,8-9,14H,7,10-13H2,1-4H3,(H,19,22). The predicted octanol–water partition coefficient (Wildman–Crippen LogP) is 2.37. The highest BCUT2D eigenvalue weighted by Crippen LogP contribution is 2.29. The maximum Gasteiger partial charge on any atom is 0.223 e. The predicted molar refractivity (Wildman–Crippen MR) is 94.4 cm³/mol. The van der Waals surface area contributed by atoms with Crippen molar-refractivity contribution in [2.24, 2.45) is 0 Å². The van der Waals surface area contributed by atoms with Crippen molar-refractivity contribution < 1.29 is 19.1 Å². The summed E-state index contributed by atoms with van der Waals surface area (Å²) >= 11 is 0. The van der Waals surface area contributed by atoms with E-state index in [1.807, 2.05) is 38.1 Å². The van der Waals surface area contributed by atoms with Gasteiger partial charge in [0.05, 0.1) is 11.8 Å². The zero-order valence-electron chi connectivity index (χ0n) is 15.0. The second-order valence-corrected chi connectivity index (χ2v) is 5.75. The first-order chi connectivity index (χ1) is 11.5. The van der Waals surface area contributed by atoms with Gasteiger partial charge in [0.1, 0.15) is 5.75 Å². The van der Waals surface area contributed by atoms with Gasteiger partial charge in [0.2, 0.25) is 11.8 Å². The molecule has 0 bridgehead atoms. The maximum absolute atomic E-state index is 12.0. The van der Waals surface area contributed by atoms with Gasteiger partial charge in [-0.25, -0.2) is 0 Å². The number of methoxy groups -OCH3 is 1. The number of anilines is 1. The molecule has 0 unspecified atom stereocenters. The summed E-state index contributed by atoms with van der Waals surface area (Å²) in [5.74, 6) is 0.435. The van der Waals surface area contributed by atoms with Crippen LogP contribution in [0.2, 0.25) is 0 Å². The number of para-hydroxylation sites is 2. The number of benzene rings is 1. The molecule has 1 aromatic carbocycles. The van der Waals surface area contributed by atoms with E-state index >= 15 is 0 Å². The SMILES string of the molecule is COCCCNC(=O)CCN(C(C)=O)c1ccccc1OC(C)C. The Kier molecular flexibility index (Phi) is 8.86. The Labute approximate surface area is 144 Å². The second kappa shape index (κ2) is 10.6. The van der Waals surface area contributed by atoms with Gasteiger partial charge in [-0.15, -0.1) is 0 Å². The minimum Gasteiger partial charge on any atom is -0.489 e. The molecule has 0 saturated carbocycles. The quantitative estimate of drug-likeness (QED) is 0.666. The first-order valence-electron chi connectivity index (χ1n) is 8.25. The largest absolute Gasteiger partial charge is 0.489 e. The third-order valence-electron chi connectivity index (χ3n) is 3.31. The second-order valence-electron chi connectivity index (χ2n) is 5.75. The van der Waals surface area contributed by atoms with Gasteiger partial charge >= 0.3 is 0 Å². The maximum atomic E-state index is 12.0. The van der Waals surface area contributed by atoms with Crippen LogP contribution in [0.1, 0.15) is 33.6 Å². The number of carbonyl (C=O) groups is 2. The third-order valence-corrected chi connectivity index (χ3v) is 3.31. The summed E-state index contributed by atoms with van der Waals surface area (Å²) in [5, 5.41) is 2.82. The molecule has 6 heteroatoms. The molecule has 0 aliphatic heterocycles. The summed E-state index contributed by atoms with van der Waals surface area (Å²) in [4.78, 5) is 25.5. The van der Waals surface area contributed by atoms with Crippen LogP contribution in [-0.2, 0) is 14.3 Å². The first-order valence-corrected chi connectivity index (χ1v) is 8.25. The molecule has 2 amide bonds. The molecule has 0 spiro atoms. The van der Waals surface area contributed by atoms with E-state index in [1.165, 1.54) is 6.92 Å². The van der Waals surface area contributed by atoms with Crippen molar-refractivity contribution >= 4 is 17.5 Å². The van der Waals surface area contributed by atoms with Gasteiger partial charge < -0.3 is 19.7 Å². The summed E-state index contributed by atoms with van der Waals surface area (Å²) in [6, 6.07) is 7.37. The van der Waals surface area contributed by atoms with Gasteiger partial charge in [-0.05, 0) is 32.4 Å². The molecule has 0 heterocycles. The van der Waals surface area contributed by atoms with Crippen molar-refractivity contribution in [3.8, 4) is 5.75 Å². The Morgan fingerprint density at radius 2 is 1.96 bits per heavy atom. The number of ether oxygens (including phenoxy) is 2. The van der Waals surface area contributed by atoms with Gasteiger partial charge in [-0.2, -0.15) is 0 Å². The van der Waals surface area contributed by atoms with Crippen LogP contribution in [0, 0.1) is 0 Å². The zero-order chi connectivity index (χ0) is 17.9. The highest BCUT2D eigenvalue weighted by atomic mass is 16.5. The molecule has 0 aliphatic rings. The summed E-state index contributed by atoms with van der Waals surface area (Å²) in [7, 11) is 1.63. The molecular weight excluding hydrogens is 308 g/mol. The molecular formula is C18H28N2O4. The van der Waals surface area contributed by atoms with Gasteiger partial charge in [-0.1, -0.05) is 12.1 Å². The molecule has 0 radical (unpaired) electrons. The Bertz CT molecular complexity index is 532. The number of hydrogen-bond donors (Lipinski definition) is 1. The van der Waals surface area contributed by atoms with E-state index in [9.17, 15) is 9.59 Å².